The van der Waals surface area contributed by atoms with Crippen LogP contribution in [-0.2, 0) is 29.8 Å². The minimum absolute atomic E-state index is 0.0968. The van der Waals surface area contributed by atoms with Gasteiger partial charge >= 0.3 is 6.09 Å². The third-order valence-corrected chi connectivity index (χ3v) is 8.03. The Morgan fingerprint density at radius 3 is 2.29 bits per heavy atom. The molecule has 41 heavy (non-hydrogen) atoms. The van der Waals surface area contributed by atoms with Crippen molar-refractivity contribution in [3.8, 4) is 0 Å². The first kappa shape index (κ1) is 30.8. The van der Waals surface area contributed by atoms with E-state index in [1.54, 1.807) is 18.1 Å². The Bertz CT molecular complexity index is 1260. The first-order chi connectivity index (χ1) is 19.4. The highest BCUT2D eigenvalue weighted by molar-refractivity contribution is 5.67. The molecule has 1 unspecified atom stereocenters. The summed E-state index contributed by atoms with van der Waals surface area (Å²) >= 11 is 0. The van der Waals surface area contributed by atoms with E-state index < -0.39 is 11.2 Å². The van der Waals surface area contributed by atoms with Crippen LogP contribution in [0, 0.1) is 5.92 Å². The number of aromatic nitrogens is 1. The molecule has 1 aliphatic carbocycles. The minimum Gasteiger partial charge on any atom is -0.444 e. The summed E-state index contributed by atoms with van der Waals surface area (Å²) in [7, 11) is 6.14. The summed E-state index contributed by atoms with van der Waals surface area (Å²) in [6.45, 7) is 7.71. The quantitative estimate of drug-likeness (QED) is 0.279. The van der Waals surface area contributed by atoms with Crippen LogP contribution in [0.25, 0.3) is 0 Å². The monoisotopic (exact) mass is 562 g/mol. The van der Waals surface area contributed by atoms with Crippen molar-refractivity contribution < 1.29 is 23.5 Å². The number of ether oxygens (including phenoxy) is 1. The number of nitrogens with zero attached hydrogens (tertiary/aromatic N) is 3. The second kappa shape index (κ2) is 12.8. The molecule has 222 valence electrons. The van der Waals surface area contributed by atoms with Crippen molar-refractivity contribution >= 4 is 6.09 Å². The zero-order valence-corrected chi connectivity index (χ0v) is 25.7. The molecule has 4 rings (SSSR count). The van der Waals surface area contributed by atoms with Crippen molar-refractivity contribution in [2.45, 2.75) is 83.6 Å². The first-order valence-corrected chi connectivity index (χ1v) is 14.9. The Labute approximate surface area is 245 Å². The van der Waals surface area contributed by atoms with Crippen LogP contribution in [0.1, 0.15) is 81.2 Å². The molecule has 1 aromatic heterocycles. The van der Waals surface area contributed by atoms with Crippen molar-refractivity contribution in [3.63, 3.8) is 0 Å². The van der Waals surface area contributed by atoms with Gasteiger partial charge in [-0.1, -0.05) is 73.9 Å². The van der Waals surface area contributed by atoms with E-state index in [9.17, 15) is 9.90 Å². The van der Waals surface area contributed by atoms with Gasteiger partial charge in [-0.3, -0.25) is 0 Å². The molecule has 7 heteroatoms. The van der Waals surface area contributed by atoms with E-state index >= 15 is 0 Å². The lowest BCUT2D eigenvalue weighted by Crippen LogP contribution is -2.40. The molecule has 2 aromatic carbocycles. The summed E-state index contributed by atoms with van der Waals surface area (Å²) in [6, 6.07) is 18.3. The second-order valence-electron chi connectivity index (χ2n) is 13.3. The zero-order chi connectivity index (χ0) is 29.7. The maximum atomic E-state index is 12.3. The lowest BCUT2D eigenvalue weighted by Gasteiger charge is -2.36. The number of oxazole rings is 1. The normalized spacial score (nSPS) is 16.3. The predicted molar refractivity (Wildman–Crippen MR) is 161 cm³/mol. The summed E-state index contributed by atoms with van der Waals surface area (Å²) in [6.07, 6.45) is 7.79. The van der Waals surface area contributed by atoms with Crippen LogP contribution in [0.2, 0.25) is 0 Å². The van der Waals surface area contributed by atoms with Crippen LogP contribution in [0.4, 0.5) is 4.79 Å². The number of hydrogen-bond acceptors (Lipinski definition) is 5. The molecular weight excluding hydrogens is 514 g/mol. The fraction of sp³-hybridized carbons (Fsp3) is 0.529. The number of carbonyl (C=O) groups excluding carboxylic acids is 1. The molecule has 0 spiro atoms. The highest BCUT2D eigenvalue weighted by atomic mass is 16.6. The summed E-state index contributed by atoms with van der Waals surface area (Å²) in [5.74, 6) is 1.30. The number of carbonyl (C=O) groups is 1. The van der Waals surface area contributed by atoms with Gasteiger partial charge in [0.1, 0.15) is 12.1 Å². The summed E-state index contributed by atoms with van der Waals surface area (Å²) < 4.78 is 12.5. The van der Waals surface area contributed by atoms with Gasteiger partial charge in [-0.15, -0.1) is 0 Å². The van der Waals surface area contributed by atoms with Crippen molar-refractivity contribution in [1.29, 1.82) is 0 Å². The van der Waals surface area contributed by atoms with Crippen LogP contribution < -0.4 is 0 Å². The van der Waals surface area contributed by atoms with E-state index in [1.807, 2.05) is 51.1 Å². The van der Waals surface area contributed by atoms with Crippen molar-refractivity contribution in [3.05, 3.63) is 89.1 Å². The van der Waals surface area contributed by atoms with Crippen LogP contribution >= 0.6 is 0 Å². The molecule has 1 saturated carbocycles. The van der Waals surface area contributed by atoms with Crippen molar-refractivity contribution in [2.75, 3.05) is 27.7 Å². The van der Waals surface area contributed by atoms with Gasteiger partial charge in [-0.2, -0.15) is 0 Å². The summed E-state index contributed by atoms with van der Waals surface area (Å²) in [5, 5.41) is 12.1. The number of aliphatic hydroxyl groups is 1. The molecule has 1 aliphatic rings. The van der Waals surface area contributed by atoms with Crippen molar-refractivity contribution in [2.24, 2.45) is 5.92 Å². The Kier molecular flexibility index (Phi) is 9.60. The Morgan fingerprint density at radius 2 is 1.66 bits per heavy atom. The molecule has 3 aromatic rings. The van der Waals surface area contributed by atoms with Crippen LogP contribution in [0.5, 0.6) is 0 Å². The lowest BCUT2D eigenvalue weighted by molar-refractivity contribution is -0.904. The fourth-order valence-corrected chi connectivity index (χ4v) is 5.73. The zero-order valence-electron chi connectivity index (χ0n) is 25.7. The van der Waals surface area contributed by atoms with E-state index in [-0.39, 0.29) is 12.0 Å². The number of amides is 1. The second-order valence-corrected chi connectivity index (χ2v) is 13.3. The van der Waals surface area contributed by atoms with Gasteiger partial charge in [0.15, 0.2) is 11.4 Å². The molecule has 0 bridgehead atoms. The summed E-state index contributed by atoms with van der Waals surface area (Å²) in [4.78, 5) is 18.5. The first-order valence-electron chi connectivity index (χ1n) is 14.9. The predicted octanol–water partition coefficient (Wildman–Crippen LogP) is 6.68. The average Bonchev–Trinajstić information content (AvgIpc) is 3.40. The molecule has 1 amide bonds. The topological polar surface area (TPSA) is 75.8 Å². The molecule has 7 nitrogen and oxygen atoms in total. The van der Waals surface area contributed by atoms with E-state index in [1.165, 1.54) is 12.0 Å². The third kappa shape index (κ3) is 8.20. The minimum atomic E-state index is -1.21. The maximum absolute atomic E-state index is 12.3. The molecule has 0 radical (unpaired) electrons. The highest BCUT2D eigenvalue weighted by Gasteiger charge is 2.44. The highest BCUT2D eigenvalue weighted by Crippen LogP contribution is 2.43. The Balaban J connectivity index is 1.37. The maximum Gasteiger partial charge on any atom is 0.410 e. The number of rotatable bonds is 10. The molecule has 1 N–H and O–H groups in total. The van der Waals surface area contributed by atoms with E-state index in [4.69, 9.17) is 9.15 Å². The van der Waals surface area contributed by atoms with Gasteiger partial charge in [-0.25, -0.2) is 9.78 Å². The molecule has 0 aliphatic heterocycles. The summed E-state index contributed by atoms with van der Waals surface area (Å²) in [5.41, 5.74) is 1.44. The van der Waals surface area contributed by atoms with Gasteiger partial charge in [-0.05, 0) is 50.3 Å². The van der Waals surface area contributed by atoms with Gasteiger partial charge in [0.25, 0.3) is 0 Å². The van der Waals surface area contributed by atoms with E-state index in [0.29, 0.717) is 19.0 Å². The largest absolute Gasteiger partial charge is 0.444 e. The van der Waals surface area contributed by atoms with E-state index in [0.717, 1.165) is 60.0 Å². The molecule has 1 heterocycles. The lowest BCUT2D eigenvalue weighted by atomic mass is 9.73. The van der Waals surface area contributed by atoms with Gasteiger partial charge in [0, 0.05) is 25.9 Å². The van der Waals surface area contributed by atoms with Crippen LogP contribution in [0.15, 0.2) is 65.2 Å². The van der Waals surface area contributed by atoms with E-state index in [2.05, 4.69) is 43.3 Å². The SMILES string of the molecule is CN(Cc1ccc(CC[N+](C)(C)Cc2cnc(C(O)(c3ccccc3)C3CCCCC3)o2)cc1)C(=O)OC(C)(C)C. The van der Waals surface area contributed by atoms with Crippen LogP contribution in [0.3, 0.4) is 0 Å². The van der Waals surface area contributed by atoms with Gasteiger partial charge in [0.2, 0.25) is 5.89 Å². The number of benzene rings is 2. The van der Waals surface area contributed by atoms with Gasteiger partial charge in [0.05, 0.1) is 26.8 Å². The fourth-order valence-electron chi connectivity index (χ4n) is 5.73. The van der Waals surface area contributed by atoms with Gasteiger partial charge < -0.3 is 23.6 Å². The third-order valence-electron chi connectivity index (χ3n) is 8.03. The standard InChI is InChI=1S/C34H48N3O4/c1-33(2,3)41-32(38)36(4)24-27-19-17-26(18-20-27)21-22-37(5,6)25-30-23-35-31(40-30)34(39,28-13-9-7-10-14-28)29-15-11-8-12-16-29/h7,9-10,13-14,17-20,23,29,39H,8,11-12,15-16,21-22,24-25H2,1-6H3/q+1. The Hall–Kier alpha value is -3.16. The smallest absolute Gasteiger partial charge is 0.410 e. The number of hydrogen-bond donors (Lipinski definition) is 1. The average molecular weight is 563 g/mol. The molecule has 1 atom stereocenters. The van der Waals surface area contributed by atoms with Crippen LogP contribution in [-0.4, -0.2) is 58.9 Å². The number of likely N-dealkylation sites (N-methyl/N-ethyl adjacent to an activating group) is 1. The molecule has 0 saturated heterocycles. The molecular formula is C34H48N3O4+. The Morgan fingerprint density at radius 1 is 1.02 bits per heavy atom. The molecule has 1 fully saturated rings. The number of quaternary nitrogens is 1. The van der Waals surface area contributed by atoms with Crippen molar-refractivity contribution in [1.82, 2.24) is 9.88 Å².